The van der Waals surface area contributed by atoms with Gasteiger partial charge in [0.1, 0.15) is 0 Å². The summed E-state index contributed by atoms with van der Waals surface area (Å²) in [4.78, 5) is 1.17. The van der Waals surface area contributed by atoms with E-state index in [0.29, 0.717) is 0 Å². The molecule has 2 rings (SSSR count). The zero-order valence-electron chi connectivity index (χ0n) is 6.46. The number of fused-ring (bicyclic) bond motifs is 1. The molecule has 0 bridgehead atoms. The molecule has 0 aromatic heterocycles. The number of rotatable bonds is 0. The Balaban J connectivity index is 2.54. The van der Waals surface area contributed by atoms with E-state index in [0.717, 1.165) is 6.42 Å². The van der Waals surface area contributed by atoms with Crippen LogP contribution in [0.4, 0.5) is 0 Å². The van der Waals surface area contributed by atoms with Crippen LogP contribution in [0.15, 0.2) is 23.1 Å². The lowest BCUT2D eigenvalue weighted by Gasteiger charge is -1.98. The van der Waals surface area contributed by atoms with Gasteiger partial charge in [0.15, 0.2) is 0 Å². The van der Waals surface area contributed by atoms with E-state index in [1.807, 2.05) is 0 Å². The Bertz CT molecular complexity index is 324. The first-order valence-electron chi connectivity index (χ1n) is 3.75. The zero-order chi connectivity index (χ0) is 7.84. The van der Waals surface area contributed by atoms with Gasteiger partial charge in [-0.3, -0.25) is 0 Å². The van der Waals surface area contributed by atoms with Gasteiger partial charge in [-0.05, 0) is 29.0 Å². The normalized spacial score (nSPS) is 14.5. The van der Waals surface area contributed by atoms with Crippen molar-refractivity contribution in [3.63, 3.8) is 0 Å². The molecule has 0 radical (unpaired) electrons. The van der Waals surface area contributed by atoms with Crippen molar-refractivity contribution in [2.75, 3.05) is 0 Å². The number of thiol groups is 1. The number of benzene rings is 1. The van der Waals surface area contributed by atoms with Gasteiger partial charge >= 0.3 is 0 Å². The van der Waals surface area contributed by atoms with Crippen molar-refractivity contribution in [1.29, 1.82) is 0 Å². The third-order valence-electron chi connectivity index (χ3n) is 2.00. The van der Waals surface area contributed by atoms with Crippen LogP contribution in [0, 0.1) is 6.92 Å². The second-order valence-corrected chi connectivity index (χ2v) is 3.59. The van der Waals surface area contributed by atoms with Gasteiger partial charge in [0.2, 0.25) is 0 Å². The molecule has 56 valence electrons. The molecule has 0 aliphatic heterocycles. The monoisotopic (exact) mass is 162 g/mol. The topological polar surface area (TPSA) is 0 Å². The van der Waals surface area contributed by atoms with Crippen LogP contribution in [0.25, 0.3) is 6.08 Å². The van der Waals surface area contributed by atoms with Crippen molar-refractivity contribution in [2.24, 2.45) is 0 Å². The molecule has 1 aliphatic carbocycles. The summed E-state index contributed by atoms with van der Waals surface area (Å²) in [6.07, 6.45) is 3.16. The molecule has 0 nitrogen and oxygen atoms in total. The van der Waals surface area contributed by atoms with E-state index >= 15 is 0 Å². The average Bonchev–Trinajstić information content (AvgIpc) is 2.27. The van der Waals surface area contributed by atoms with Gasteiger partial charge in [0.05, 0.1) is 0 Å². The molecule has 0 spiro atoms. The van der Waals surface area contributed by atoms with E-state index < -0.39 is 0 Å². The van der Waals surface area contributed by atoms with Crippen molar-refractivity contribution in [1.82, 2.24) is 0 Å². The van der Waals surface area contributed by atoms with Crippen LogP contribution in [-0.2, 0) is 6.42 Å². The summed E-state index contributed by atoms with van der Waals surface area (Å²) in [5, 5.41) is 0. The summed E-state index contributed by atoms with van der Waals surface area (Å²) in [5.74, 6) is 0. The van der Waals surface area contributed by atoms with E-state index in [4.69, 9.17) is 0 Å². The lowest BCUT2D eigenvalue weighted by Crippen LogP contribution is -1.81. The quantitative estimate of drug-likeness (QED) is 0.557. The van der Waals surface area contributed by atoms with Crippen molar-refractivity contribution in [3.05, 3.63) is 39.8 Å². The van der Waals surface area contributed by atoms with Gasteiger partial charge in [0, 0.05) is 6.42 Å². The lowest BCUT2D eigenvalue weighted by molar-refractivity contribution is 1.28. The minimum atomic E-state index is 1.01. The molecular weight excluding hydrogens is 152 g/mol. The van der Waals surface area contributed by atoms with Gasteiger partial charge in [-0.15, -0.1) is 12.6 Å². The van der Waals surface area contributed by atoms with Crippen LogP contribution in [0.3, 0.4) is 0 Å². The fraction of sp³-hybridized carbons (Fsp3) is 0.200. The van der Waals surface area contributed by atoms with E-state index in [1.165, 1.54) is 21.6 Å². The third kappa shape index (κ3) is 1.21. The van der Waals surface area contributed by atoms with E-state index in [2.05, 4.69) is 43.8 Å². The third-order valence-corrected chi connectivity index (χ3v) is 2.28. The second kappa shape index (κ2) is 2.42. The van der Waals surface area contributed by atoms with Crippen molar-refractivity contribution in [2.45, 2.75) is 13.3 Å². The van der Waals surface area contributed by atoms with Crippen molar-refractivity contribution in [3.8, 4) is 0 Å². The highest BCUT2D eigenvalue weighted by Crippen LogP contribution is 2.27. The fourth-order valence-electron chi connectivity index (χ4n) is 1.44. The maximum Gasteiger partial charge on any atom is 0.00380 e. The first-order chi connectivity index (χ1) is 5.25. The first-order valence-corrected chi connectivity index (χ1v) is 4.19. The van der Waals surface area contributed by atoms with Gasteiger partial charge in [-0.2, -0.15) is 0 Å². The molecule has 11 heavy (non-hydrogen) atoms. The van der Waals surface area contributed by atoms with Gasteiger partial charge < -0.3 is 0 Å². The van der Waals surface area contributed by atoms with Crippen molar-refractivity contribution >= 4 is 18.7 Å². The molecule has 1 heteroatoms. The minimum absolute atomic E-state index is 1.01. The molecule has 1 aliphatic rings. The highest BCUT2D eigenvalue weighted by atomic mass is 32.1. The average molecular weight is 162 g/mol. The summed E-state index contributed by atoms with van der Waals surface area (Å²) >= 11 is 4.33. The summed E-state index contributed by atoms with van der Waals surface area (Å²) in [5.41, 5.74) is 4.07. The summed E-state index contributed by atoms with van der Waals surface area (Å²) in [6, 6.07) is 6.54. The second-order valence-electron chi connectivity index (χ2n) is 3.01. The predicted molar refractivity (Wildman–Crippen MR) is 51.8 cm³/mol. The van der Waals surface area contributed by atoms with Crippen LogP contribution in [0.1, 0.15) is 16.7 Å². The summed E-state index contributed by atoms with van der Waals surface area (Å²) in [7, 11) is 0. The van der Waals surface area contributed by atoms with Gasteiger partial charge in [-0.1, -0.05) is 23.8 Å². The van der Waals surface area contributed by atoms with Crippen LogP contribution in [-0.4, -0.2) is 0 Å². The van der Waals surface area contributed by atoms with Gasteiger partial charge in [-0.25, -0.2) is 0 Å². The van der Waals surface area contributed by atoms with E-state index in [-0.39, 0.29) is 0 Å². The Morgan fingerprint density at radius 1 is 1.36 bits per heavy atom. The van der Waals surface area contributed by atoms with E-state index in [9.17, 15) is 0 Å². The first kappa shape index (κ1) is 6.99. The lowest BCUT2D eigenvalue weighted by atomic mass is 10.1. The smallest absolute Gasteiger partial charge is 0.00380 e. The molecule has 0 fully saturated rings. The fourth-order valence-corrected chi connectivity index (χ4v) is 1.74. The maximum absolute atomic E-state index is 4.33. The molecule has 0 saturated carbocycles. The minimum Gasteiger partial charge on any atom is -0.148 e. The number of hydrogen-bond donors (Lipinski definition) is 1. The molecule has 0 amide bonds. The summed E-state index contributed by atoms with van der Waals surface area (Å²) in [6.45, 7) is 2.12. The Morgan fingerprint density at radius 3 is 3.00 bits per heavy atom. The van der Waals surface area contributed by atoms with Crippen molar-refractivity contribution < 1.29 is 0 Å². The largest absolute Gasteiger partial charge is 0.148 e. The van der Waals surface area contributed by atoms with Crippen LogP contribution < -0.4 is 0 Å². The molecule has 1 aromatic rings. The maximum atomic E-state index is 4.33. The number of allylic oxidation sites excluding steroid dienone is 1. The Kier molecular flexibility index (Phi) is 1.53. The molecule has 0 N–H and O–H groups in total. The summed E-state index contributed by atoms with van der Waals surface area (Å²) < 4.78 is 0. The van der Waals surface area contributed by atoms with Crippen LogP contribution >= 0.6 is 12.6 Å². The highest BCUT2D eigenvalue weighted by molar-refractivity contribution is 7.84. The molecule has 1 aromatic carbocycles. The standard InChI is InChI=1S/C10H10S/c1-7-2-3-8-5-10(11)6-9(8)4-7/h2-4,6,11H,5H2,1H3. The Morgan fingerprint density at radius 2 is 2.18 bits per heavy atom. The van der Waals surface area contributed by atoms with Crippen LogP contribution in [0.5, 0.6) is 0 Å². The molecule has 0 unspecified atom stereocenters. The molecular formula is C10H10S. The SMILES string of the molecule is Cc1ccc2c(c1)C=C(S)C2. The number of aryl methyl sites for hydroxylation is 1. The van der Waals surface area contributed by atoms with Crippen LogP contribution in [0.2, 0.25) is 0 Å². The predicted octanol–water partition coefficient (Wildman–Crippen LogP) is 2.82. The number of hydrogen-bond acceptors (Lipinski definition) is 1. The van der Waals surface area contributed by atoms with E-state index in [1.54, 1.807) is 0 Å². The Hall–Kier alpha value is -0.690. The zero-order valence-corrected chi connectivity index (χ0v) is 7.36. The molecule has 0 saturated heterocycles. The molecule has 0 atom stereocenters. The van der Waals surface area contributed by atoms with Gasteiger partial charge in [0.25, 0.3) is 0 Å². The highest BCUT2D eigenvalue weighted by Gasteiger charge is 2.08. The Labute approximate surface area is 72.4 Å². The molecule has 0 heterocycles.